The molecule has 1 rings (SSSR count). The van der Waals surface area contributed by atoms with Crippen LogP contribution < -0.4 is 5.73 Å². The molecular weight excluding hydrogens is 136 g/mol. The summed E-state index contributed by atoms with van der Waals surface area (Å²) >= 11 is 0. The molecular formula is C9H12N2. The molecule has 1 aromatic heterocycles. The van der Waals surface area contributed by atoms with E-state index in [1.165, 1.54) is 5.57 Å². The molecule has 0 aliphatic rings. The van der Waals surface area contributed by atoms with Gasteiger partial charge in [0.1, 0.15) is 5.82 Å². The van der Waals surface area contributed by atoms with Crippen LogP contribution in [0.15, 0.2) is 23.9 Å². The molecule has 0 aliphatic heterocycles. The molecule has 11 heavy (non-hydrogen) atoms. The summed E-state index contributed by atoms with van der Waals surface area (Å²) in [6.45, 7) is 4.10. The zero-order valence-electron chi connectivity index (χ0n) is 6.83. The lowest BCUT2D eigenvalue weighted by molar-refractivity contribution is 1.32. The number of anilines is 1. The van der Waals surface area contributed by atoms with E-state index >= 15 is 0 Å². The van der Waals surface area contributed by atoms with Crippen molar-refractivity contribution in [2.45, 2.75) is 13.8 Å². The summed E-state index contributed by atoms with van der Waals surface area (Å²) in [5.74, 6) is 0.566. The fourth-order valence-electron chi connectivity index (χ4n) is 0.835. The van der Waals surface area contributed by atoms with Gasteiger partial charge >= 0.3 is 0 Å². The summed E-state index contributed by atoms with van der Waals surface area (Å²) in [7, 11) is 0. The Morgan fingerprint density at radius 1 is 1.45 bits per heavy atom. The summed E-state index contributed by atoms with van der Waals surface area (Å²) < 4.78 is 0. The molecule has 1 heterocycles. The smallest absolute Gasteiger partial charge is 0.123 e. The Hall–Kier alpha value is -1.31. The second-order valence-corrected chi connectivity index (χ2v) is 2.74. The maximum absolute atomic E-state index is 5.43. The molecule has 2 N–H and O–H groups in total. The van der Waals surface area contributed by atoms with Crippen LogP contribution in [-0.2, 0) is 0 Å². The summed E-state index contributed by atoms with van der Waals surface area (Å²) in [6, 6.07) is 3.75. The van der Waals surface area contributed by atoms with E-state index in [4.69, 9.17) is 5.73 Å². The molecule has 0 fully saturated rings. The maximum Gasteiger partial charge on any atom is 0.123 e. The SMILES string of the molecule is CC(C)=Cc1ccc(N)nc1. The van der Waals surface area contributed by atoms with E-state index in [1.807, 2.05) is 6.07 Å². The number of nitrogen functional groups attached to an aromatic ring is 1. The molecule has 0 unspecified atom stereocenters. The minimum Gasteiger partial charge on any atom is -0.384 e. The highest BCUT2D eigenvalue weighted by molar-refractivity contribution is 5.52. The molecule has 0 radical (unpaired) electrons. The van der Waals surface area contributed by atoms with Crippen LogP contribution in [0.25, 0.3) is 6.08 Å². The number of hydrogen-bond donors (Lipinski definition) is 1. The van der Waals surface area contributed by atoms with Crippen LogP contribution in [0.5, 0.6) is 0 Å². The van der Waals surface area contributed by atoms with E-state index in [0.717, 1.165) is 5.56 Å². The number of hydrogen-bond acceptors (Lipinski definition) is 2. The fraction of sp³-hybridized carbons (Fsp3) is 0.222. The van der Waals surface area contributed by atoms with Crippen LogP contribution in [0.1, 0.15) is 19.4 Å². The lowest BCUT2D eigenvalue weighted by atomic mass is 10.2. The minimum absolute atomic E-state index is 0.566. The largest absolute Gasteiger partial charge is 0.384 e. The predicted octanol–water partition coefficient (Wildman–Crippen LogP) is 2.09. The fourth-order valence-corrected chi connectivity index (χ4v) is 0.835. The van der Waals surface area contributed by atoms with Crippen molar-refractivity contribution in [3.8, 4) is 0 Å². The average molecular weight is 148 g/mol. The second-order valence-electron chi connectivity index (χ2n) is 2.74. The highest BCUT2D eigenvalue weighted by atomic mass is 14.8. The van der Waals surface area contributed by atoms with E-state index in [2.05, 4.69) is 24.9 Å². The number of rotatable bonds is 1. The van der Waals surface area contributed by atoms with Crippen molar-refractivity contribution in [3.63, 3.8) is 0 Å². The quantitative estimate of drug-likeness (QED) is 0.662. The average Bonchev–Trinajstić information content (AvgIpc) is 1.93. The van der Waals surface area contributed by atoms with Crippen molar-refractivity contribution in [1.82, 2.24) is 4.98 Å². The first-order valence-electron chi connectivity index (χ1n) is 3.55. The van der Waals surface area contributed by atoms with Gasteiger partial charge in [0.2, 0.25) is 0 Å². The van der Waals surface area contributed by atoms with Crippen LogP contribution in [0.4, 0.5) is 5.82 Å². The Kier molecular flexibility index (Phi) is 2.26. The van der Waals surface area contributed by atoms with Gasteiger partial charge in [0, 0.05) is 6.20 Å². The number of nitrogens with two attached hydrogens (primary N) is 1. The Labute approximate surface area is 66.8 Å². The Morgan fingerprint density at radius 3 is 2.64 bits per heavy atom. The van der Waals surface area contributed by atoms with Crippen molar-refractivity contribution in [1.29, 1.82) is 0 Å². The van der Waals surface area contributed by atoms with Gasteiger partial charge in [-0.1, -0.05) is 11.6 Å². The molecule has 0 atom stereocenters. The first kappa shape index (κ1) is 7.79. The van der Waals surface area contributed by atoms with E-state index in [-0.39, 0.29) is 0 Å². The van der Waals surface area contributed by atoms with E-state index in [1.54, 1.807) is 12.3 Å². The lowest BCUT2D eigenvalue weighted by Gasteiger charge is -1.94. The van der Waals surface area contributed by atoms with E-state index < -0.39 is 0 Å². The third-order valence-corrected chi connectivity index (χ3v) is 1.26. The number of pyridine rings is 1. The molecule has 0 aromatic carbocycles. The first-order chi connectivity index (χ1) is 5.18. The minimum atomic E-state index is 0.566. The number of allylic oxidation sites excluding steroid dienone is 1. The summed E-state index contributed by atoms with van der Waals surface area (Å²) in [6.07, 6.45) is 3.83. The summed E-state index contributed by atoms with van der Waals surface area (Å²) in [5, 5.41) is 0. The molecule has 2 nitrogen and oxygen atoms in total. The van der Waals surface area contributed by atoms with Gasteiger partial charge in [-0.05, 0) is 31.5 Å². The Bertz CT molecular complexity index is 255. The van der Waals surface area contributed by atoms with Gasteiger partial charge in [-0.2, -0.15) is 0 Å². The van der Waals surface area contributed by atoms with Crippen molar-refractivity contribution in [2.75, 3.05) is 5.73 Å². The highest BCUT2D eigenvalue weighted by Gasteiger charge is 1.87. The van der Waals surface area contributed by atoms with Gasteiger partial charge in [0.15, 0.2) is 0 Å². The van der Waals surface area contributed by atoms with E-state index in [0.29, 0.717) is 5.82 Å². The maximum atomic E-state index is 5.43. The monoisotopic (exact) mass is 148 g/mol. The van der Waals surface area contributed by atoms with Gasteiger partial charge in [-0.15, -0.1) is 0 Å². The highest BCUT2D eigenvalue weighted by Crippen LogP contribution is 2.05. The Balaban J connectivity index is 2.91. The third kappa shape index (κ3) is 2.42. The predicted molar refractivity (Wildman–Crippen MR) is 48.0 cm³/mol. The molecule has 2 heteroatoms. The second kappa shape index (κ2) is 3.19. The Morgan fingerprint density at radius 2 is 2.18 bits per heavy atom. The molecule has 0 aliphatic carbocycles. The van der Waals surface area contributed by atoms with Crippen LogP contribution in [0.2, 0.25) is 0 Å². The van der Waals surface area contributed by atoms with Gasteiger partial charge in [-0.25, -0.2) is 4.98 Å². The van der Waals surface area contributed by atoms with Gasteiger partial charge < -0.3 is 5.73 Å². The lowest BCUT2D eigenvalue weighted by Crippen LogP contribution is -1.88. The van der Waals surface area contributed by atoms with Crippen molar-refractivity contribution in [3.05, 3.63) is 29.5 Å². The molecule has 58 valence electrons. The molecule has 0 saturated heterocycles. The van der Waals surface area contributed by atoms with Gasteiger partial charge in [0.25, 0.3) is 0 Å². The van der Waals surface area contributed by atoms with Crippen LogP contribution >= 0.6 is 0 Å². The zero-order chi connectivity index (χ0) is 8.27. The van der Waals surface area contributed by atoms with Crippen molar-refractivity contribution < 1.29 is 0 Å². The molecule has 0 amide bonds. The molecule has 0 saturated carbocycles. The normalized spacial score (nSPS) is 9.27. The molecule has 0 spiro atoms. The first-order valence-corrected chi connectivity index (χ1v) is 3.55. The summed E-state index contributed by atoms with van der Waals surface area (Å²) in [4.78, 5) is 3.97. The van der Waals surface area contributed by atoms with Crippen LogP contribution in [-0.4, -0.2) is 4.98 Å². The standard InChI is InChI=1S/C9H12N2/c1-7(2)5-8-3-4-9(10)11-6-8/h3-6H,1-2H3,(H2,10,11). The van der Waals surface area contributed by atoms with E-state index in [9.17, 15) is 0 Å². The van der Waals surface area contributed by atoms with Gasteiger partial charge in [-0.3, -0.25) is 0 Å². The topological polar surface area (TPSA) is 38.9 Å². The van der Waals surface area contributed by atoms with Crippen molar-refractivity contribution >= 4 is 11.9 Å². The molecule has 0 bridgehead atoms. The van der Waals surface area contributed by atoms with Gasteiger partial charge in [0.05, 0.1) is 0 Å². The number of nitrogens with zero attached hydrogens (tertiary/aromatic N) is 1. The third-order valence-electron chi connectivity index (χ3n) is 1.26. The zero-order valence-corrected chi connectivity index (χ0v) is 6.83. The van der Waals surface area contributed by atoms with Crippen LogP contribution in [0.3, 0.4) is 0 Å². The number of aromatic nitrogens is 1. The van der Waals surface area contributed by atoms with Crippen molar-refractivity contribution in [2.24, 2.45) is 0 Å². The molecule has 1 aromatic rings. The van der Waals surface area contributed by atoms with Crippen LogP contribution in [0, 0.1) is 0 Å². The summed E-state index contributed by atoms with van der Waals surface area (Å²) in [5.41, 5.74) is 7.78.